The van der Waals surface area contributed by atoms with Crippen LogP contribution < -0.4 is 5.73 Å². The Morgan fingerprint density at radius 2 is 1.68 bits per heavy atom. The highest BCUT2D eigenvalue weighted by atomic mass is 15.1. The fraction of sp³-hybridized carbons (Fsp3) is 1.00. The van der Waals surface area contributed by atoms with Gasteiger partial charge in [0.2, 0.25) is 0 Å². The van der Waals surface area contributed by atoms with Gasteiger partial charge in [0.15, 0.2) is 0 Å². The third-order valence-electron chi connectivity index (χ3n) is 5.90. The van der Waals surface area contributed by atoms with E-state index in [1.807, 2.05) is 0 Å². The number of rotatable bonds is 4. The van der Waals surface area contributed by atoms with E-state index in [0.29, 0.717) is 5.41 Å². The number of likely N-dealkylation sites (tertiary alicyclic amines) is 1. The van der Waals surface area contributed by atoms with Gasteiger partial charge in [0, 0.05) is 6.54 Å². The van der Waals surface area contributed by atoms with Crippen molar-refractivity contribution in [3.8, 4) is 0 Å². The summed E-state index contributed by atoms with van der Waals surface area (Å²) < 4.78 is 0. The molecule has 0 bridgehead atoms. The largest absolute Gasteiger partial charge is 0.330 e. The van der Waals surface area contributed by atoms with Crippen molar-refractivity contribution in [1.82, 2.24) is 4.90 Å². The number of piperidine rings is 1. The number of hydrogen-bond acceptors (Lipinski definition) is 2. The maximum absolute atomic E-state index is 6.15. The maximum atomic E-state index is 6.15. The zero-order valence-electron chi connectivity index (χ0n) is 13.3. The van der Waals surface area contributed by atoms with Crippen LogP contribution in [0.25, 0.3) is 0 Å². The Labute approximate surface area is 120 Å². The average Bonchev–Trinajstić information content (AvgIpc) is 2.42. The van der Waals surface area contributed by atoms with E-state index >= 15 is 0 Å². The van der Waals surface area contributed by atoms with Crippen LogP contribution in [0.3, 0.4) is 0 Å². The molecule has 0 amide bonds. The smallest absolute Gasteiger partial charge is 0.00501 e. The Hall–Kier alpha value is -0.0800. The normalized spacial score (nSPS) is 34.9. The van der Waals surface area contributed by atoms with Crippen LogP contribution in [0.4, 0.5) is 0 Å². The second-order valence-electron chi connectivity index (χ2n) is 7.74. The molecule has 2 fully saturated rings. The lowest BCUT2D eigenvalue weighted by atomic mass is 9.70. The first-order chi connectivity index (χ1) is 9.04. The molecular weight excluding hydrogens is 232 g/mol. The lowest BCUT2D eigenvalue weighted by molar-refractivity contribution is 0.0664. The molecule has 0 spiro atoms. The second kappa shape index (κ2) is 6.58. The van der Waals surface area contributed by atoms with Crippen LogP contribution in [0.2, 0.25) is 0 Å². The van der Waals surface area contributed by atoms with Gasteiger partial charge in [-0.15, -0.1) is 0 Å². The molecule has 2 rings (SSSR count). The van der Waals surface area contributed by atoms with Crippen molar-refractivity contribution in [3.05, 3.63) is 0 Å². The minimum Gasteiger partial charge on any atom is -0.330 e. The summed E-state index contributed by atoms with van der Waals surface area (Å²) in [6.45, 7) is 11.9. The van der Waals surface area contributed by atoms with Crippen molar-refractivity contribution in [1.29, 1.82) is 0 Å². The summed E-state index contributed by atoms with van der Waals surface area (Å²) in [6.07, 6.45) is 8.28. The summed E-state index contributed by atoms with van der Waals surface area (Å²) in [5.41, 5.74) is 6.59. The van der Waals surface area contributed by atoms with Gasteiger partial charge in [-0.05, 0) is 68.5 Å². The first kappa shape index (κ1) is 15.3. The molecule has 2 aliphatic rings. The topological polar surface area (TPSA) is 29.3 Å². The quantitative estimate of drug-likeness (QED) is 0.843. The SMILES string of the molecule is CC1CCC(CN)(CN2CCC(C(C)C)CC2)CC1. The Morgan fingerprint density at radius 1 is 1.11 bits per heavy atom. The lowest BCUT2D eigenvalue weighted by Crippen LogP contribution is -2.47. The second-order valence-corrected chi connectivity index (χ2v) is 7.74. The van der Waals surface area contributed by atoms with Gasteiger partial charge in [-0.3, -0.25) is 0 Å². The van der Waals surface area contributed by atoms with Crippen molar-refractivity contribution in [2.45, 2.75) is 59.3 Å². The molecule has 0 aromatic heterocycles. The van der Waals surface area contributed by atoms with E-state index in [4.69, 9.17) is 5.73 Å². The van der Waals surface area contributed by atoms with Crippen molar-refractivity contribution >= 4 is 0 Å². The third kappa shape index (κ3) is 3.95. The highest BCUT2D eigenvalue weighted by Crippen LogP contribution is 2.39. The first-order valence-corrected chi connectivity index (χ1v) is 8.47. The average molecular weight is 266 g/mol. The molecule has 1 saturated heterocycles. The molecule has 2 heteroatoms. The van der Waals surface area contributed by atoms with E-state index in [9.17, 15) is 0 Å². The monoisotopic (exact) mass is 266 g/mol. The van der Waals surface area contributed by atoms with E-state index < -0.39 is 0 Å². The van der Waals surface area contributed by atoms with Crippen molar-refractivity contribution in [2.75, 3.05) is 26.2 Å². The number of nitrogens with two attached hydrogens (primary N) is 1. The molecule has 112 valence electrons. The summed E-state index contributed by atoms with van der Waals surface area (Å²) in [5.74, 6) is 2.74. The zero-order valence-corrected chi connectivity index (χ0v) is 13.3. The highest BCUT2D eigenvalue weighted by molar-refractivity contribution is 4.89. The predicted octanol–water partition coefficient (Wildman–Crippen LogP) is 3.51. The molecule has 19 heavy (non-hydrogen) atoms. The summed E-state index contributed by atoms with van der Waals surface area (Å²) in [6, 6.07) is 0. The van der Waals surface area contributed by atoms with Crippen LogP contribution in [-0.4, -0.2) is 31.1 Å². The summed E-state index contributed by atoms with van der Waals surface area (Å²) >= 11 is 0. The summed E-state index contributed by atoms with van der Waals surface area (Å²) in [7, 11) is 0. The number of hydrogen-bond donors (Lipinski definition) is 1. The van der Waals surface area contributed by atoms with Crippen LogP contribution >= 0.6 is 0 Å². The van der Waals surface area contributed by atoms with Gasteiger partial charge in [0.1, 0.15) is 0 Å². The molecule has 0 aromatic carbocycles. The lowest BCUT2D eigenvalue weighted by Gasteiger charge is -2.44. The first-order valence-electron chi connectivity index (χ1n) is 8.47. The molecule has 1 aliphatic carbocycles. The van der Waals surface area contributed by atoms with Crippen LogP contribution in [-0.2, 0) is 0 Å². The van der Waals surface area contributed by atoms with Gasteiger partial charge >= 0.3 is 0 Å². The van der Waals surface area contributed by atoms with Gasteiger partial charge in [0.05, 0.1) is 0 Å². The van der Waals surface area contributed by atoms with Gasteiger partial charge < -0.3 is 10.6 Å². The summed E-state index contributed by atoms with van der Waals surface area (Å²) in [4.78, 5) is 2.71. The standard InChI is InChI=1S/C17H34N2/c1-14(2)16-6-10-19(11-7-16)13-17(12-18)8-4-15(3)5-9-17/h14-16H,4-13,18H2,1-3H3. The molecule has 0 radical (unpaired) electrons. The van der Waals surface area contributed by atoms with E-state index in [-0.39, 0.29) is 0 Å². The number of nitrogens with zero attached hydrogens (tertiary/aromatic N) is 1. The van der Waals surface area contributed by atoms with E-state index in [2.05, 4.69) is 25.7 Å². The fourth-order valence-corrected chi connectivity index (χ4v) is 4.05. The van der Waals surface area contributed by atoms with Gasteiger partial charge in [-0.1, -0.05) is 33.6 Å². The molecule has 1 aliphatic heterocycles. The molecular formula is C17H34N2. The summed E-state index contributed by atoms with van der Waals surface area (Å²) in [5, 5.41) is 0. The minimum absolute atomic E-state index is 0.442. The molecule has 2 nitrogen and oxygen atoms in total. The predicted molar refractivity (Wildman–Crippen MR) is 83.1 cm³/mol. The van der Waals surface area contributed by atoms with Crippen LogP contribution in [0.5, 0.6) is 0 Å². The molecule has 0 unspecified atom stereocenters. The fourth-order valence-electron chi connectivity index (χ4n) is 4.05. The van der Waals surface area contributed by atoms with Crippen LogP contribution in [0, 0.1) is 23.2 Å². The van der Waals surface area contributed by atoms with Crippen LogP contribution in [0.15, 0.2) is 0 Å². The van der Waals surface area contributed by atoms with E-state index in [0.717, 1.165) is 24.3 Å². The van der Waals surface area contributed by atoms with E-state index in [1.165, 1.54) is 58.2 Å². The highest BCUT2D eigenvalue weighted by Gasteiger charge is 2.35. The third-order valence-corrected chi connectivity index (χ3v) is 5.90. The van der Waals surface area contributed by atoms with Crippen molar-refractivity contribution in [3.63, 3.8) is 0 Å². The molecule has 0 atom stereocenters. The molecule has 1 heterocycles. The van der Waals surface area contributed by atoms with Crippen molar-refractivity contribution < 1.29 is 0 Å². The Morgan fingerprint density at radius 3 is 2.16 bits per heavy atom. The minimum atomic E-state index is 0.442. The molecule has 0 aromatic rings. The Bertz CT molecular complexity index is 258. The molecule has 1 saturated carbocycles. The maximum Gasteiger partial charge on any atom is 0.00501 e. The zero-order chi connectivity index (χ0) is 13.9. The Kier molecular flexibility index (Phi) is 5.30. The van der Waals surface area contributed by atoms with Gasteiger partial charge in [0.25, 0.3) is 0 Å². The van der Waals surface area contributed by atoms with Crippen LogP contribution in [0.1, 0.15) is 59.3 Å². The van der Waals surface area contributed by atoms with Gasteiger partial charge in [-0.2, -0.15) is 0 Å². The Balaban J connectivity index is 1.83. The van der Waals surface area contributed by atoms with Gasteiger partial charge in [-0.25, -0.2) is 0 Å². The van der Waals surface area contributed by atoms with Crippen molar-refractivity contribution in [2.24, 2.45) is 28.9 Å². The molecule has 2 N–H and O–H groups in total. The van der Waals surface area contributed by atoms with E-state index in [1.54, 1.807) is 0 Å².